The van der Waals surface area contributed by atoms with Crippen LogP contribution in [0, 0.1) is 0 Å². The monoisotopic (exact) mass is 239 g/mol. The van der Waals surface area contributed by atoms with Crippen LogP contribution < -0.4 is 4.90 Å². The molecule has 1 atom stereocenters. The summed E-state index contributed by atoms with van der Waals surface area (Å²) < 4.78 is 0. The van der Waals surface area contributed by atoms with Crippen molar-refractivity contribution >= 4 is 35.3 Å². The fraction of sp³-hybridized carbons (Fsp3) is 0.182. The number of nitrogens with zero attached hydrogens (tertiary/aromatic N) is 1. The van der Waals surface area contributed by atoms with Gasteiger partial charge in [0.15, 0.2) is 6.29 Å². The fourth-order valence-electron chi connectivity index (χ4n) is 1.53. The second-order valence-corrected chi connectivity index (χ2v) is 4.74. The summed E-state index contributed by atoms with van der Waals surface area (Å²) in [6, 6.07) is 5.67. The molecule has 78 valence electrons. The molecular weight excluding hydrogens is 230 g/mol. The Hall–Kier alpha value is -0.930. The van der Waals surface area contributed by atoms with Gasteiger partial charge in [-0.05, 0) is 25.1 Å². The van der Waals surface area contributed by atoms with Gasteiger partial charge in [-0.3, -0.25) is 0 Å². The van der Waals surface area contributed by atoms with Crippen molar-refractivity contribution in [1.82, 2.24) is 0 Å². The van der Waals surface area contributed by atoms with Gasteiger partial charge in [-0.2, -0.15) is 0 Å². The number of hydrogen-bond acceptors (Lipinski definition) is 3. The maximum atomic E-state index is 10.9. The van der Waals surface area contributed by atoms with E-state index in [1.165, 1.54) is 0 Å². The Morgan fingerprint density at radius 1 is 1.53 bits per heavy atom. The molecule has 15 heavy (non-hydrogen) atoms. The van der Waals surface area contributed by atoms with Crippen molar-refractivity contribution in [2.24, 2.45) is 0 Å². The van der Waals surface area contributed by atoms with Crippen molar-refractivity contribution in [3.05, 3.63) is 35.5 Å². The van der Waals surface area contributed by atoms with Crippen molar-refractivity contribution in [2.45, 2.75) is 17.2 Å². The Labute approximate surface area is 97.9 Å². The van der Waals surface area contributed by atoms with Gasteiger partial charge in [-0.25, -0.2) is 0 Å². The number of rotatable bonds is 2. The number of fused-ring (bicyclic) bond motifs is 1. The van der Waals surface area contributed by atoms with Crippen molar-refractivity contribution in [3.8, 4) is 0 Å². The van der Waals surface area contributed by atoms with Crippen LogP contribution in [0.2, 0.25) is 5.02 Å². The molecule has 1 aromatic carbocycles. The Morgan fingerprint density at radius 3 is 3.00 bits per heavy atom. The van der Waals surface area contributed by atoms with Crippen LogP contribution in [-0.4, -0.2) is 11.7 Å². The minimum atomic E-state index is -0.172. The van der Waals surface area contributed by atoms with E-state index in [-0.39, 0.29) is 5.37 Å². The second kappa shape index (κ2) is 4.29. The molecule has 2 rings (SSSR count). The summed E-state index contributed by atoms with van der Waals surface area (Å²) in [6.07, 6.45) is 4.75. The maximum absolute atomic E-state index is 10.9. The zero-order valence-electron chi connectivity index (χ0n) is 8.18. The predicted molar refractivity (Wildman–Crippen MR) is 64.5 cm³/mol. The van der Waals surface area contributed by atoms with E-state index in [0.29, 0.717) is 5.02 Å². The number of benzene rings is 1. The van der Waals surface area contributed by atoms with Crippen molar-refractivity contribution < 1.29 is 4.79 Å². The third kappa shape index (κ3) is 1.90. The number of halogens is 1. The maximum Gasteiger partial charge on any atom is 0.153 e. The summed E-state index contributed by atoms with van der Waals surface area (Å²) in [4.78, 5) is 13.9. The van der Waals surface area contributed by atoms with E-state index in [2.05, 4.69) is 0 Å². The smallest absolute Gasteiger partial charge is 0.153 e. The van der Waals surface area contributed by atoms with Crippen molar-refractivity contribution in [2.75, 3.05) is 4.90 Å². The van der Waals surface area contributed by atoms with Crippen LogP contribution >= 0.6 is 23.4 Å². The molecule has 0 aliphatic carbocycles. The lowest BCUT2D eigenvalue weighted by atomic mass is 10.3. The molecule has 0 aromatic heterocycles. The van der Waals surface area contributed by atoms with Crippen LogP contribution in [0.4, 0.5) is 5.69 Å². The molecule has 0 radical (unpaired) electrons. The summed E-state index contributed by atoms with van der Waals surface area (Å²) in [5.74, 6) is 0. The minimum Gasteiger partial charge on any atom is -0.328 e. The zero-order chi connectivity index (χ0) is 10.8. The fourth-order valence-corrected chi connectivity index (χ4v) is 2.75. The lowest BCUT2D eigenvalue weighted by Gasteiger charge is -2.17. The molecule has 2 nitrogen and oxygen atoms in total. The summed E-state index contributed by atoms with van der Waals surface area (Å²) in [5, 5.41) is 0.519. The summed E-state index contributed by atoms with van der Waals surface area (Å²) in [7, 11) is 0. The van der Waals surface area contributed by atoms with Crippen molar-refractivity contribution in [3.63, 3.8) is 0 Å². The van der Waals surface area contributed by atoms with Gasteiger partial charge in [-0.15, -0.1) is 0 Å². The molecule has 0 saturated heterocycles. The van der Waals surface area contributed by atoms with E-state index >= 15 is 0 Å². The van der Waals surface area contributed by atoms with Gasteiger partial charge in [-0.1, -0.05) is 29.4 Å². The first-order valence-electron chi connectivity index (χ1n) is 4.59. The molecule has 0 amide bonds. The SMILES string of the molecule is CC=CN1c2cc(Cl)ccc2SC1C=O. The van der Waals surface area contributed by atoms with E-state index in [9.17, 15) is 4.79 Å². The lowest BCUT2D eigenvalue weighted by Crippen LogP contribution is -2.24. The van der Waals surface area contributed by atoms with Gasteiger partial charge < -0.3 is 9.69 Å². The molecule has 0 N–H and O–H groups in total. The summed E-state index contributed by atoms with van der Waals surface area (Å²) in [6.45, 7) is 1.93. The number of aldehydes is 1. The molecule has 4 heteroatoms. The van der Waals surface area contributed by atoms with E-state index < -0.39 is 0 Å². The average Bonchev–Trinajstić information content (AvgIpc) is 2.57. The highest BCUT2D eigenvalue weighted by Gasteiger charge is 2.28. The van der Waals surface area contributed by atoms with Gasteiger partial charge in [0, 0.05) is 16.1 Å². The van der Waals surface area contributed by atoms with Crippen LogP contribution in [-0.2, 0) is 4.79 Å². The van der Waals surface area contributed by atoms with Crippen LogP contribution in [0.25, 0.3) is 0 Å². The number of hydrogen-bond donors (Lipinski definition) is 0. The number of carbonyl (C=O) groups is 1. The first kappa shape index (κ1) is 10.6. The number of thioether (sulfide) groups is 1. The largest absolute Gasteiger partial charge is 0.328 e. The molecule has 0 saturated carbocycles. The van der Waals surface area contributed by atoms with Gasteiger partial charge in [0.05, 0.1) is 5.69 Å². The Bertz CT molecular complexity index is 419. The Balaban J connectivity index is 2.45. The molecule has 1 aliphatic heterocycles. The lowest BCUT2D eigenvalue weighted by molar-refractivity contribution is -0.107. The minimum absolute atomic E-state index is 0.172. The summed E-state index contributed by atoms with van der Waals surface area (Å²) >= 11 is 7.47. The third-order valence-electron chi connectivity index (χ3n) is 2.15. The molecule has 1 aliphatic rings. The molecule has 0 fully saturated rings. The first-order valence-corrected chi connectivity index (χ1v) is 5.84. The quantitative estimate of drug-likeness (QED) is 0.739. The third-order valence-corrected chi connectivity index (χ3v) is 3.56. The molecular formula is C11H10ClNOS. The van der Waals surface area contributed by atoms with E-state index in [4.69, 9.17) is 11.6 Å². The van der Waals surface area contributed by atoms with Gasteiger partial charge in [0.1, 0.15) is 5.37 Å². The average molecular weight is 240 g/mol. The number of anilines is 1. The number of allylic oxidation sites excluding steroid dienone is 1. The molecule has 1 aromatic rings. The van der Waals surface area contributed by atoms with Crippen LogP contribution in [0.3, 0.4) is 0 Å². The molecule has 1 heterocycles. The van der Waals surface area contributed by atoms with E-state index in [1.54, 1.807) is 11.8 Å². The normalized spacial score (nSPS) is 19.6. The molecule has 1 unspecified atom stereocenters. The predicted octanol–water partition coefficient (Wildman–Crippen LogP) is 3.31. The molecule has 0 bridgehead atoms. The standard InChI is InChI=1S/C11H10ClNOS/c1-2-5-13-9-6-8(12)3-4-10(9)15-11(13)7-14/h2-7,11H,1H3. The van der Waals surface area contributed by atoms with E-state index in [1.807, 2.05) is 42.3 Å². The van der Waals surface area contributed by atoms with Crippen molar-refractivity contribution in [1.29, 1.82) is 0 Å². The van der Waals surface area contributed by atoms with Crippen LogP contribution in [0.5, 0.6) is 0 Å². The van der Waals surface area contributed by atoms with Gasteiger partial charge in [0.2, 0.25) is 0 Å². The second-order valence-electron chi connectivity index (χ2n) is 3.15. The number of carbonyl (C=O) groups excluding carboxylic acids is 1. The highest BCUT2D eigenvalue weighted by Crippen LogP contribution is 2.43. The van der Waals surface area contributed by atoms with Crippen LogP contribution in [0.1, 0.15) is 6.92 Å². The highest BCUT2D eigenvalue weighted by atomic mass is 35.5. The van der Waals surface area contributed by atoms with Gasteiger partial charge >= 0.3 is 0 Å². The highest BCUT2D eigenvalue weighted by molar-refractivity contribution is 8.01. The van der Waals surface area contributed by atoms with Crippen LogP contribution in [0.15, 0.2) is 35.4 Å². The van der Waals surface area contributed by atoms with Gasteiger partial charge in [0.25, 0.3) is 0 Å². The Kier molecular flexibility index (Phi) is 3.03. The summed E-state index contributed by atoms with van der Waals surface area (Å²) in [5.41, 5.74) is 1.00. The first-order chi connectivity index (χ1) is 7.26. The zero-order valence-corrected chi connectivity index (χ0v) is 9.76. The molecule has 0 spiro atoms. The topological polar surface area (TPSA) is 20.3 Å². The van der Waals surface area contributed by atoms with E-state index in [0.717, 1.165) is 16.9 Å². The Morgan fingerprint density at radius 2 is 2.33 bits per heavy atom.